The van der Waals surface area contributed by atoms with Gasteiger partial charge in [0.2, 0.25) is 5.91 Å². The van der Waals surface area contributed by atoms with Crippen molar-refractivity contribution in [2.45, 2.75) is 26.4 Å². The highest BCUT2D eigenvalue weighted by atomic mass is 35.5. The Balaban J connectivity index is 1.19. The Morgan fingerprint density at radius 2 is 1.98 bits per heavy atom. The highest BCUT2D eigenvalue weighted by Crippen LogP contribution is 2.39. The van der Waals surface area contributed by atoms with E-state index in [0.29, 0.717) is 68.6 Å². The maximum Gasteiger partial charge on any atom is 0.248 e. The first kappa shape index (κ1) is 31.3. The first-order valence-corrected chi connectivity index (χ1v) is 15.7. The lowest BCUT2D eigenvalue weighted by Crippen LogP contribution is -2.50. The van der Waals surface area contributed by atoms with Gasteiger partial charge in [0.15, 0.2) is 0 Å². The van der Waals surface area contributed by atoms with E-state index >= 15 is 0 Å². The summed E-state index contributed by atoms with van der Waals surface area (Å²) in [5, 5.41) is 17.3. The zero-order valence-corrected chi connectivity index (χ0v) is 26.3. The van der Waals surface area contributed by atoms with Crippen LogP contribution in [0.15, 0.2) is 73.1 Å². The Bertz CT molecular complexity index is 1780. The van der Waals surface area contributed by atoms with Gasteiger partial charge in [-0.05, 0) is 69.3 Å². The summed E-state index contributed by atoms with van der Waals surface area (Å²) >= 11 is 6.56. The summed E-state index contributed by atoms with van der Waals surface area (Å²) in [4.78, 5) is 24.1. The lowest BCUT2D eigenvalue weighted by Gasteiger charge is -2.47. The van der Waals surface area contributed by atoms with Crippen molar-refractivity contribution >= 4 is 45.5 Å². The fourth-order valence-electron chi connectivity index (χ4n) is 5.66. The zero-order chi connectivity index (χ0) is 31.9. The largest absolute Gasteiger partial charge is 0.492 e. The molecule has 4 heterocycles. The summed E-state index contributed by atoms with van der Waals surface area (Å²) in [5.41, 5.74) is 3.74. The number of benzene rings is 2. The number of carbonyl (C=O) groups is 1. The monoisotopic (exact) mass is 638 g/mol. The topological polar surface area (TPSA) is 122 Å². The molecule has 2 fully saturated rings. The van der Waals surface area contributed by atoms with Crippen LogP contribution in [0.1, 0.15) is 31.0 Å². The van der Waals surface area contributed by atoms with E-state index in [9.17, 15) is 10.1 Å². The quantitative estimate of drug-likeness (QED) is 0.178. The molecule has 0 atom stereocenters. The molecule has 0 bridgehead atoms. The average Bonchev–Trinajstić information content (AvgIpc) is 3.05. The third-order valence-electron chi connectivity index (χ3n) is 8.32. The number of halogens is 1. The number of pyridine rings is 2. The number of piperidine rings is 1. The maximum absolute atomic E-state index is 13.0. The van der Waals surface area contributed by atoms with Crippen LogP contribution in [0.25, 0.3) is 10.9 Å². The molecule has 0 aliphatic carbocycles. The summed E-state index contributed by atoms with van der Waals surface area (Å²) in [6.07, 6.45) is 8.93. The zero-order valence-electron chi connectivity index (χ0n) is 25.6. The van der Waals surface area contributed by atoms with Crippen LogP contribution in [0.3, 0.4) is 0 Å². The number of hydrogen-bond donors (Lipinski definition) is 2. The Labute approximate surface area is 272 Å². The van der Waals surface area contributed by atoms with Gasteiger partial charge in [-0.15, -0.1) is 0 Å². The number of likely N-dealkylation sites (tertiary alicyclic amines) is 1. The van der Waals surface area contributed by atoms with Crippen molar-refractivity contribution in [3.63, 3.8) is 0 Å². The molecule has 1 spiro atoms. The van der Waals surface area contributed by atoms with E-state index in [1.165, 1.54) is 6.20 Å². The van der Waals surface area contributed by atoms with Crippen molar-refractivity contribution in [1.82, 2.24) is 14.9 Å². The van der Waals surface area contributed by atoms with Crippen LogP contribution in [0.5, 0.6) is 11.5 Å². The molecule has 46 heavy (non-hydrogen) atoms. The minimum atomic E-state index is -0.270. The second-order valence-electron chi connectivity index (χ2n) is 11.5. The van der Waals surface area contributed by atoms with E-state index in [4.69, 9.17) is 25.8 Å². The van der Waals surface area contributed by atoms with Crippen molar-refractivity contribution in [2.24, 2.45) is 5.41 Å². The van der Waals surface area contributed by atoms with E-state index in [1.807, 2.05) is 37.3 Å². The van der Waals surface area contributed by atoms with Gasteiger partial charge in [-0.1, -0.05) is 23.7 Å². The number of nitrogens with one attached hydrogen (secondary N) is 2. The molecule has 10 nitrogen and oxygen atoms in total. The van der Waals surface area contributed by atoms with E-state index in [0.717, 1.165) is 44.8 Å². The summed E-state index contributed by atoms with van der Waals surface area (Å²) in [5.74, 6) is 0.726. The fourth-order valence-corrected chi connectivity index (χ4v) is 5.89. The van der Waals surface area contributed by atoms with Crippen LogP contribution in [0.2, 0.25) is 5.02 Å². The number of hydrogen-bond acceptors (Lipinski definition) is 9. The van der Waals surface area contributed by atoms with E-state index < -0.39 is 0 Å². The summed E-state index contributed by atoms with van der Waals surface area (Å²) in [6.45, 7) is 7.02. The number of nitrogens with zero attached hydrogens (tertiary/aromatic N) is 4. The molecular formula is C35H35ClN6O4. The number of ether oxygens (including phenoxy) is 3. The molecular weight excluding hydrogens is 604 g/mol. The first-order valence-electron chi connectivity index (χ1n) is 15.3. The van der Waals surface area contributed by atoms with Crippen molar-refractivity contribution in [2.75, 3.05) is 50.1 Å². The second-order valence-corrected chi connectivity index (χ2v) is 11.9. The van der Waals surface area contributed by atoms with Crippen LogP contribution in [-0.2, 0) is 16.1 Å². The van der Waals surface area contributed by atoms with Gasteiger partial charge in [-0.3, -0.25) is 19.7 Å². The van der Waals surface area contributed by atoms with Gasteiger partial charge in [0, 0.05) is 47.6 Å². The molecule has 1 amide bonds. The van der Waals surface area contributed by atoms with Crippen molar-refractivity contribution in [3.05, 3.63) is 89.4 Å². The Morgan fingerprint density at radius 3 is 2.67 bits per heavy atom. The second kappa shape index (κ2) is 14.2. The van der Waals surface area contributed by atoms with Gasteiger partial charge >= 0.3 is 0 Å². The molecule has 2 saturated heterocycles. The molecule has 6 rings (SSSR count). The highest BCUT2D eigenvalue weighted by Gasteiger charge is 2.40. The molecule has 2 aliphatic rings. The van der Waals surface area contributed by atoms with Crippen molar-refractivity contribution < 1.29 is 19.0 Å². The van der Waals surface area contributed by atoms with Crippen LogP contribution >= 0.6 is 11.6 Å². The lowest BCUT2D eigenvalue weighted by molar-refractivity contribution is -0.138. The van der Waals surface area contributed by atoms with Crippen molar-refractivity contribution in [1.29, 1.82) is 5.26 Å². The first-order chi connectivity index (χ1) is 22.4. The summed E-state index contributed by atoms with van der Waals surface area (Å²) in [7, 11) is 0. The SMILES string of the molecule is CCOc1cc2ncc(C#N)c(Nc3ccc(OCc4ccccn4)c(Cl)c3)c2cc1NC(=O)/C=C/CN1CCC2(CC1)COC2. The molecule has 2 aromatic carbocycles. The van der Waals surface area contributed by atoms with Crippen LogP contribution in [0.4, 0.5) is 17.1 Å². The number of aromatic nitrogens is 2. The Kier molecular flexibility index (Phi) is 9.64. The summed E-state index contributed by atoms with van der Waals surface area (Å²) < 4.78 is 17.1. The fraction of sp³-hybridized carbons (Fsp3) is 0.314. The lowest BCUT2D eigenvalue weighted by atomic mass is 9.77. The number of fused-ring (bicyclic) bond motifs is 1. The Morgan fingerprint density at radius 1 is 1.13 bits per heavy atom. The standard InChI is InChI=1S/C35H35ClN6O4/c1-2-45-32-18-29-27(17-30(32)41-33(43)7-5-13-42-14-10-35(11-15-42)22-44-23-35)34(24(19-37)20-39-29)40-25-8-9-31(28(36)16-25)46-21-26-6-3-4-12-38-26/h3-9,12,16-18,20H,2,10-11,13-15,21-23H2,1H3,(H,39,40)(H,41,43)/b7-5+. The number of anilines is 3. The molecule has 2 N–H and O–H groups in total. The molecule has 0 unspecified atom stereocenters. The number of rotatable bonds is 11. The number of nitriles is 1. The molecule has 2 aromatic heterocycles. The number of carbonyl (C=O) groups excluding carboxylic acids is 1. The molecule has 236 valence electrons. The van der Waals surface area contributed by atoms with Gasteiger partial charge < -0.3 is 24.8 Å². The predicted molar refractivity (Wildman–Crippen MR) is 178 cm³/mol. The summed E-state index contributed by atoms with van der Waals surface area (Å²) in [6, 6.07) is 16.7. The van der Waals surface area contributed by atoms with Gasteiger partial charge in [-0.2, -0.15) is 5.26 Å². The van der Waals surface area contributed by atoms with Crippen LogP contribution in [0, 0.1) is 16.7 Å². The predicted octanol–water partition coefficient (Wildman–Crippen LogP) is 6.48. The third-order valence-corrected chi connectivity index (χ3v) is 8.61. The van der Waals surface area contributed by atoms with Crippen LogP contribution < -0.4 is 20.1 Å². The van der Waals surface area contributed by atoms with Crippen molar-refractivity contribution in [3.8, 4) is 17.6 Å². The number of amides is 1. The minimum absolute atomic E-state index is 0.270. The van der Waals surface area contributed by atoms with E-state index in [2.05, 4.69) is 31.6 Å². The Hall–Kier alpha value is -4.69. The third kappa shape index (κ3) is 7.23. The molecule has 11 heteroatoms. The molecule has 2 aliphatic heterocycles. The van der Waals surface area contributed by atoms with Gasteiger partial charge in [0.1, 0.15) is 24.2 Å². The van der Waals surface area contributed by atoms with Gasteiger partial charge in [0.05, 0.1) is 53.0 Å². The minimum Gasteiger partial charge on any atom is -0.492 e. The highest BCUT2D eigenvalue weighted by molar-refractivity contribution is 6.32. The average molecular weight is 639 g/mol. The van der Waals surface area contributed by atoms with E-state index in [1.54, 1.807) is 36.5 Å². The maximum atomic E-state index is 13.0. The smallest absolute Gasteiger partial charge is 0.248 e. The van der Waals surface area contributed by atoms with E-state index in [-0.39, 0.29) is 12.5 Å². The normalized spacial score (nSPS) is 15.8. The van der Waals surface area contributed by atoms with Crippen LogP contribution in [-0.4, -0.2) is 60.2 Å². The van der Waals surface area contributed by atoms with Gasteiger partial charge in [0.25, 0.3) is 0 Å². The molecule has 0 radical (unpaired) electrons. The molecule has 0 saturated carbocycles. The molecule has 4 aromatic rings. The van der Waals surface area contributed by atoms with Gasteiger partial charge in [-0.25, -0.2) is 0 Å².